The first-order chi connectivity index (χ1) is 7.22. The quantitative estimate of drug-likeness (QED) is 0.842. The lowest BCUT2D eigenvalue weighted by atomic mass is 10.2. The van der Waals surface area contributed by atoms with Gasteiger partial charge in [-0.2, -0.15) is 0 Å². The second-order valence-corrected chi connectivity index (χ2v) is 3.91. The maximum atomic E-state index is 5.73. The Labute approximate surface area is 95.4 Å². The molecular formula is C9H10BrN5. The lowest BCUT2D eigenvalue weighted by molar-refractivity contribution is 0.631. The minimum atomic E-state index is 0.693. The van der Waals surface area contributed by atoms with E-state index in [1.54, 1.807) is 4.68 Å². The Hall–Kier alpha value is -1.43. The zero-order chi connectivity index (χ0) is 10.8. The van der Waals surface area contributed by atoms with E-state index in [0.29, 0.717) is 5.69 Å². The number of nitrogens with zero attached hydrogens (tertiary/aromatic N) is 4. The fourth-order valence-corrected chi connectivity index (χ4v) is 1.75. The Morgan fingerprint density at radius 1 is 1.47 bits per heavy atom. The average Bonchev–Trinajstić information content (AvgIpc) is 2.69. The van der Waals surface area contributed by atoms with Crippen molar-refractivity contribution in [1.29, 1.82) is 0 Å². The van der Waals surface area contributed by atoms with Gasteiger partial charge < -0.3 is 5.73 Å². The summed E-state index contributed by atoms with van der Waals surface area (Å²) in [6.45, 7) is 2.71. The second kappa shape index (κ2) is 3.98. The molecule has 0 fully saturated rings. The molecule has 0 aliphatic heterocycles. The molecule has 2 rings (SSSR count). The number of hydrogen-bond donors (Lipinski definition) is 1. The number of halogens is 1. The van der Waals surface area contributed by atoms with E-state index in [4.69, 9.17) is 5.73 Å². The van der Waals surface area contributed by atoms with Crippen LogP contribution in [0.1, 0.15) is 6.92 Å². The van der Waals surface area contributed by atoms with Gasteiger partial charge in [-0.3, -0.25) is 0 Å². The van der Waals surface area contributed by atoms with E-state index >= 15 is 0 Å². The van der Waals surface area contributed by atoms with Gasteiger partial charge in [0.2, 0.25) is 0 Å². The summed E-state index contributed by atoms with van der Waals surface area (Å²) in [6.07, 6.45) is 0. The van der Waals surface area contributed by atoms with Crippen LogP contribution in [0.25, 0.3) is 11.4 Å². The number of aryl methyl sites for hydroxylation is 1. The first kappa shape index (κ1) is 10.1. The van der Waals surface area contributed by atoms with Gasteiger partial charge in [-0.05, 0) is 35.5 Å². The molecule has 1 aromatic heterocycles. The van der Waals surface area contributed by atoms with Crippen molar-refractivity contribution in [3.05, 3.63) is 22.7 Å². The van der Waals surface area contributed by atoms with Crippen LogP contribution in [-0.2, 0) is 6.54 Å². The van der Waals surface area contributed by atoms with Gasteiger partial charge in [0.05, 0.1) is 0 Å². The highest BCUT2D eigenvalue weighted by Crippen LogP contribution is 2.27. The zero-order valence-corrected chi connectivity index (χ0v) is 9.77. The number of tetrazole rings is 1. The molecule has 0 bridgehead atoms. The van der Waals surface area contributed by atoms with Crippen LogP contribution in [0.2, 0.25) is 0 Å². The zero-order valence-electron chi connectivity index (χ0n) is 8.18. The van der Waals surface area contributed by atoms with Gasteiger partial charge in [0.25, 0.3) is 0 Å². The van der Waals surface area contributed by atoms with Gasteiger partial charge in [-0.1, -0.05) is 15.9 Å². The van der Waals surface area contributed by atoms with Gasteiger partial charge in [0.15, 0.2) is 5.82 Å². The minimum Gasteiger partial charge on any atom is -0.399 e. The highest BCUT2D eigenvalue weighted by atomic mass is 79.9. The fourth-order valence-electron chi connectivity index (χ4n) is 1.32. The van der Waals surface area contributed by atoms with Gasteiger partial charge in [-0.25, -0.2) is 4.68 Å². The standard InChI is InChI=1S/C9H10BrN5/c1-2-15-9(12-13-14-15)7-5-6(11)3-4-8(7)10/h3-5H,2,11H2,1H3. The summed E-state index contributed by atoms with van der Waals surface area (Å²) in [5.41, 5.74) is 7.32. The van der Waals surface area contributed by atoms with Crippen LogP contribution in [0, 0.1) is 0 Å². The van der Waals surface area contributed by atoms with E-state index in [1.807, 2.05) is 25.1 Å². The number of aromatic nitrogens is 4. The highest BCUT2D eigenvalue weighted by molar-refractivity contribution is 9.10. The Morgan fingerprint density at radius 2 is 2.27 bits per heavy atom. The van der Waals surface area contributed by atoms with Crippen molar-refractivity contribution < 1.29 is 0 Å². The predicted molar refractivity (Wildman–Crippen MR) is 61.0 cm³/mol. The highest BCUT2D eigenvalue weighted by Gasteiger charge is 2.11. The van der Waals surface area contributed by atoms with Crippen LogP contribution in [0.3, 0.4) is 0 Å². The van der Waals surface area contributed by atoms with Crippen LogP contribution in [-0.4, -0.2) is 20.2 Å². The first-order valence-corrected chi connectivity index (χ1v) is 5.33. The molecule has 0 unspecified atom stereocenters. The molecule has 2 N–H and O–H groups in total. The van der Waals surface area contributed by atoms with E-state index < -0.39 is 0 Å². The lowest BCUT2D eigenvalue weighted by Gasteiger charge is -2.04. The first-order valence-electron chi connectivity index (χ1n) is 4.54. The van der Waals surface area contributed by atoms with E-state index in [1.165, 1.54) is 0 Å². The SMILES string of the molecule is CCn1nnnc1-c1cc(N)ccc1Br. The maximum absolute atomic E-state index is 5.73. The number of nitrogens with two attached hydrogens (primary N) is 1. The second-order valence-electron chi connectivity index (χ2n) is 3.06. The molecule has 1 heterocycles. The third-order valence-electron chi connectivity index (χ3n) is 2.06. The Morgan fingerprint density at radius 3 is 3.00 bits per heavy atom. The molecular weight excluding hydrogens is 258 g/mol. The van der Waals surface area contributed by atoms with Crippen LogP contribution in [0.4, 0.5) is 5.69 Å². The van der Waals surface area contributed by atoms with E-state index in [9.17, 15) is 0 Å². The third kappa shape index (κ3) is 1.85. The Balaban J connectivity index is 2.58. The van der Waals surface area contributed by atoms with Crippen molar-refractivity contribution in [2.24, 2.45) is 0 Å². The molecule has 0 saturated carbocycles. The van der Waals surface area contributed by atoms with Crippen molar-refractivity contribution in [2.45, 2.75) is 13.5 Å². The summed E-state index contributed by atoms with van der Waals surface area (Å²) >= 11 is 3.45. The molecule has 0 spiro atoms. The van der Waals surface area contributed by atoms with Crippen molar-refractivity contribution in [3.8, 4) is 11.4 Å². The number of benzene rings is 1. The molecule has 0 aliphatic rings. The normalized spacial score (nSPS) is 10.5. The fraction of sp³-hybridized carbons (Fsp3) is 0.222. The number of anilines is 1. The molecule has 0 radical (unpaired) electrons. The Kier molecular flexibility index (Phi) is 2.68. The number of rotatable bonds is 2. The Bertz CT molecular complexity index is 479. The molecule has 15 heavy (non-hydrogen) atoms. The topological polar surface area (TPSA) is 69.6 Å². The van der Waals surface area contributed by atoms with E-state index in [-0.39, 0.29) is 0 Å². The molecule has 0 amide bonds. The molecule has 1 aromatic carbocycles. The largest absolute Gasteiger partial charge is 0.399 e. The summed E-state index contributed by atoms with van der Waals surface area (Å²) in [4.78, 5) is 0. The average molecular weight is 268 g/mol. The van der Waals surface area contributed by atoms with Gasteiger partial charge in [-0.15, -0.1) is 5.10 Å². The van der Waals surface area contributed by atoms with Crippen molar-refractivity contribution >= 4 is 21.6 Å². The van der Waals surface area contributed by atoms with Crippen LogP contribution >= 0.6 is 15.9 Å². The lowest BCUT2D eigenvalue weighted by Crippen LogP contribution is -2.00. The predicted octanol–water partition coefficient (Wildman–Crippen LogP) is 1.70. The molecule has 0 saturated heterocycles. The van der Waals surface area contributed by atoms with Crippen molar-refractivity contribution in [2.75, 3.05) is 5.73 Å². The van der Waals surface area contributed by atoms with Crippen LogP contribution in [0.5, 0.6) is 0 Å². The van der Waals surface area contributed by atoms with Crippen LogP contribution in [0.15, 0.2) is 22.7 Å². The van der Waals surface area contributed by atoms with Gasteiger partial charge >= 0.3 is 0 Å². The third-order valence-corrected chi connectivity index (χ3v) is 2.75. The monoisotopic (exact) mass is 267 g/mol. The summed E-state index contributed by atoms with van der Waals surface area (Å²) in [5.74, 6) is 0.719. The summed E-state index contributed by atoms with van der Waals surface area (Å²) in [7, 11) is 0. The minimum absolute atomic E-state index is 0.693. The summed E-state index contributed by atoms with van der Waals surface area (Å²) < 4.78 is 2.65. The molecule has 0 aliphatic carbocycles. The van der Waals surface area contributed by atoms with E-state index in [2.05, 4.69) is 31.5 Å². The summed E-state index contributed by atoms with van der Waals surface area (Å²) in [5, 5.41) is 11.5. The number of hydrogen-bond acceptors (Lipinski definition) is 4. The van der Waals surface area contributed by atoms with Gasteiger partial charge in [0.1, 0.15) is 0 Å². The molecule has 0 atom stereocenters. The van der Waals surface area contributed by atoms with E-state index in [0.717, 1.165) is 22.4 Å². The molecule has 5 nitrogen and oxygen atoms in total. The smallest absolute Gasteiger partial charge is 0.183 e. The number of nitrogen functional groups attached to an aromatic ring is 1. The molecule has 78 valence electrons. The van der Waals surface area contributed by atoms with Crippen molar-refractivity contribution in [1.82, 2.24) is 20.2 Å². The summed E-state index contributed by atoms with van der Waals surface area (Å²) in [6, 6.07) is 5.56. The van der Waals surface area contributed by atoms with Crippen LogP contribution < -0.4 is 5.73 Å². The maximum Gasteiger partial charge on any atom is 0.183 e. The molecule has 2 aromatic rings. The van der Waals surface area contributed by atoms with Gasteiger partial charge in [0, 0.05) is 22.3 Å². The molecule has 6 heteroatoms. The van der Waals surface area contributed by atoms with Crippen molar-refractivity contribution in [3.63, 3.8) is 0 Å².